The summed E-state index contributed by atoms with van der Waals surface area (Å²) in [7, 11) is 3.63. The highest BCUT2D eigenvalue weighted by molar-refractivity contribution is 6.21. The van der Waals surface area contributed by atoms with E-state index in [9.17, 15) is 24.0 Å². The van der Waals surface area contributed by atoms with E-state index in [1.165, 1.54) is 7.11 Å². The van der Waals surface area contributed by atoms with Crippen LogP contribution in [0.1, 0.15) is 71.1 Å². The molecule has 0 spiro atoms. The van der Waals surface area contributed by atoms with Crippen molar-refractivity contribution in [3.63, 3.8) is 0 Å². The van der Waals surface area contributed by atoms with Crippen molar-refractivity contribution in [1.29, 1.82) is 0 Å². The number of unbranched alkanes of at least 4 members (excludes halogenated alkanes) is 4. The second kappa shape index (κ2) is 14.1. The number of Topliss-reactive ketones (excluding diaryl/α,β-unsaturated/α-hetero) is 2. The van der Waals surface area contributed by atoms with Crippen LogP contribution in [-0.4, -0.2) is 50.8 Å². The maximum Gasteiger partial charge on any atom is 0.331 e. The number of carbonyl (C=O) groups excluding carboxylic acids is 5. The van der Waals surface area contributed by atoms with Crippen LogP contribution >= 0.6 is 0 Å². The lowest BCUT2D eigenvalue weighted by atomic mass is 9.56. The van der Waals surface area contributed by atoms with E-state index in [4.69, 9.17) is 9.47 Å². The number of ketones is 2. The largest absolute Gasteiger partial charge is 0.469 e. The normalized spacial score (nSPS) is 25.2. The van der Waals surface area contributed by atoms with Gasteiger partial charge >= 0.3 is 17.9 Å². The van der Waals surface area contributed by atoms with E-state index in [1.54, 1.807) is 0 Å². The van der Waals surface area contributed by atoms with Crippen molar-refractivity contribution in [2.75, 3.05) is 21.3 Å². The van der Waals surface area contributed by atoms with Crippen molar-refractivity contribution in [1.82, 2.24) is 0 Å². The molecule has 8 nitrogen and oxygen atoms in total. The average Bonchev–Trinajstić information content (AvgIpc) is 3.21. The SMILES string of the molecule is CCCCC/C=C/[C@@H]1CC(=O)C(C(=O)OC)(C(=O)OC)[C@@H]2CC(=O)[C@H](C/C=C\CCCC(=O)OC)C12. The topological polar surface area (TPSA) is 113 Å². The zero-order valence-electron chi connectivity index (χ0n) is 22.0. The van der Waals surface area contributed by atoms with Gasteiger partial charge in [-0.15, -0.1) is 0 Å². The Balaban J connectivity index is 2.33. The molecule has 2 fully saturated rings. The Morgan fingerprint density at radius 3 is 2.17 bits per heavy atom. The number of methoxy groups -OCH3 is 3. The highest BCUT2D eigenvalue weighted by Gasteiger charge is 2.69. The quantitative estimate of drug-likeness (QED) is 0.121. The molecule has 0 heterocycles. The summed E-state index contributed by atoms with van der Waals surface area (Å²) >= 11 is 0. The molecule has 0 N–H and O–H groups in total. The minimum atomic E-state index is -2.12. The number of hydrogen-bond acceptors (Lipinski definition) is 8. The minimum Gasteiger partial charge on any atom is -0.469 e. The highest BCUT2D eigenvalue weighted by Crippen LogP contribution is 2.56. The predicted octanol–water partition coefficient (Wildman–Crippen LogP) is 4.16. The first-order valence-corrected chi connectivity index (χ1v) is 12.9. The van der Waals surface area contributed by atoms with E-state index in [-0.39, 0.29) is 36.4 Å². The molecule has 8 heteroatoms. The van der Waals surface area contributed by atoms with E-state index >= 15 is 0 Å². The summed E-state index contributed by atoms with van der Waals surface area (Å²) < 4.78 is 14.5. The van der Waals surface area contributed by atoms with Crippen molar-refractivity contribution in [3.8, 4) is 0 Å². The van der Waals surface area contributed by atoms with Gasteiger partial charge in [-0.3, -0.25) is 24.0 Å². The Hall–Kier alpha value is -2.77. The molecule has 36 heavy (non-hydrogen) atoms. The summed E-state index contributed by atoms with van der Waals surface area (Å²) in [6.07, 6.45) is 14.0. The molecule has 0 radical (unpaired) electrons. The van der Waals surface area contributed by atoms with Crippen LogP contribution in [0, 0.1) is 29.1 Å². The van der Waals surface area contributed by atoms with Crippen LogP contribution in [0.2, 0.25) is 0 Å². The summed E-state index contributed by atoms with van der Waals surface area (Å²) in [5.74, 6) is -4.64. The van der Waals surface area contributed by atoms with Gasteiger partial charge in [0.1, 0.15) is 5.78 Å². The zero-order chi connectivity index (χ0) is 26.7. The van der Waals surface area contributed by atoms with Crippen molar-refractivity contribution >= 4 is 29.5 Å². The van der Waals surface area contributed by atoms with Crippen LogP contribution in [0.5, 0.6) is 0 Å². The molecule has 2 aliphatic carbocycles. The molecule has 2 aliphatic rings. The van der Waals surface area contributed by atoms with Crippen molar-refractivity contribution in [2.45, 2.75) is 71.1 Å². The molecular formula is C28H40O8. The molecule has 0 aromatic heterocycles. The van der Waals surface area contributed by atoms with Gasteiger partial charge in [0, 0.05) is 31.1 Å². The monoisotopic (exact) mass is 504 g/mol. The molecule has 0 saturated heterocycles. The lowest BCUT2D eigenvalue weighted by Crippen LogP contribution is -2.58. The third kappa shape index (κ3) is 6.31. The summed E-state index contributed by atoms with van der Waals surface area (Å²) in [6.45, 7) is 2.13. The standard InChI is InChI=1S/C28H40O8/c1-5-6-7-8-11-14-19-17-23(30)28(26(32)35-3,27(33)36-4)21-18-22(29)20(25(19)21)15-12-9-10-13-16-24(31)34-2/h9,11-12,14,19-21,25H,5-8,10,13,15-18H2,1-4H3/b12-9-,14-11+/t19-,20+,21-,25?/m1/s1. The van der Waals surface area contributed by atoms with Crippen LogP contribution in [0.4, 0.5) is 0 Å². The lowest BCUT2D eigenvalue weighted by Gasteiger charge is -2.43. The van der Waals surface area contributed by atoms with E-state index in [2.05, 4.69) is 17.7 Å². The molecule has 0 aromatic rings. The van der Waals surface area contributed by atoms with Crippen LogP contribution in [-0.2, 0) is 38.2 Å². The molecular weight excluding hydrogens is 464 g/mol. The van der Waals surface area contributed by atoms with Gasteiger partial charge in [-0.2, -0.15) is 0 Å². The van der Waals surface area contributed by atoms with Crippen LogP contribution < -0.4 is 0 Å². The number of esters is 3. The summed E-state index contributed by atoms with van der Waals surface area (Å²) in [5, 5.41) is 0. The first-order valence-electron chi connectivity index (χ1n) is 12.9. The van der Waals surface area contributed by atoms with Crippen molar-refractivity contribution < 1.29 is 38.2 Å². The fraction of sp³-hybridized carbons (Fsp3) is 0.679. The molecule has 2 rings (SSSR count). The Morgan fingerprint density at radius 1 is 0.889 bits per heavy atom. The molecule has 200 valence electrons. The second-order valence-electron chi connectivity index (χ2n) is 9.64. The third-order valence-electron chi connectivity index (χ3n) is 7.58. The molecule has 0 aromatic carbocycles. The van der Waals surface area contributed by atoms with E-state index in [1.807, 2.05) is 18.2 Å². The Bertz CT molecular complexity index is 855. The maximum absolute atomic E-state index is 13.4. The van der Waals surface area contributed by atoms with Gasteiger partial charge < -0.3 is 14.2 Å². The van der Waals surface area contributed by atoms with Gasteiger partial charge in [-0.05, 0) is 43.9 Å². The highest BCUT2D eigenvalue weighted by atomic mass is 16.5. The Morgan fingerprint density at radius 2 is 1.56 bits per heavy atom. The third-order valence-corrected chi connectivity index (χ3v) is 7.58. The van der Waals surface area contributed by atoms with Crippen molar-refractivity contribution in [2.24, 2.45) is 29.1 Å². The lowest BCUT2D eigenvalue weighted by molar-refractivity contribution is -0.182. The van der Waals surface area contributed by atoms with E-state index in [0.29, 0.717) is 25.7 Å². The van der Waals surface area contributed by atoms with Crippen LogP contribution in [0.25, 0.3) is 0 Å². The molecule has 0 bridgehead atoms. The Kier molecular flexibility index (Phi) is 11.5. The fourth-order valence-corrected chi connectivity index (χ4v) is 5.79. The van der Waals surface area contributed by atoms with Crippen LogP contribution in [0.15, 0.2) is 24.3 Å². The first kappa shape index (κ1) is 29.5. The average molecular weight is 505 g/mol. The fourth-order valence-electron chi connectivity index (χ4n) is 5.79. The molecule has 0 aliphatic heterocycles. The smallest absolute Gasteiger partial charge is 0.331 e. The van der Waals surface area contributed by atoms with Gasteiger partial charge in [0.05, 0.1) is 21.3 Å². The number of fused-ring (bicyclic) bond motifs is 1. The van der Waals surface area contributed by atoms with E-state index in [0.717, 1.165) is 39.9 Å². The van der Waals surface area contributed by atoms with Gasteiger partial charge in [-0.1, -0.05) is 44.1 Å². The van der Waals surface area contributed by atoms with Gasteiger partial charge in [0.15, 0.2) is 5.78 Å². The predicted molar refractivity (Wildman–Crippen MR) is 133 cm³/mol. The van der Waals surface area contributed by atoms with Gasteiger partial charge in [0.2, 0.25) is 5.41 Å². The second-order valence-corrected chi connectivity index (χ2v) is 9.64. The van der Waals surface area contributed by atoms with Crippen molar-refractivity contribution in [3.05, 3.63) is 24.3 Å². The summed E-state index contributed by atoms with van der Waals surface area (Å²) in [6, 6.07) is 0. The zero-order valence-corrected chi connectivity index (χ0v) is 22.0. The molecule has 2 saturated carbocycles. The number of ether oxygens (including phenoxy) is 3. The number of hydrogen-bond donors (Lipinski definition) is 0. The van der Waals surface area contributed by atoms with Gasteiger partial charge in [0.25, 0.3) is 0 Å². The molecule has 4 atom stereocenters. The number of allylic oxidation sites excluding steroid dienone is 4. The maximum atomic E-state index is 13.4. The molecule has 1 unspecified atom stereocenters. The van der Waals surface area contributed by atoms with Crippen LogP contribution in [0.3, 0.4) is 0 Å². The van der Waals surface area contributed by atoms with Gasteiger partial charge in [-0.25, -0.2) is 0 Å². The first-order chi connectivity index (χ1) is 17.3. The molecule has 0 amide bonds. The van der Waals surface area contributed by atoms with E-state index < -0.39 is 35.0 Å². The summed E-state index contributed by atoms with van der Waals surface area (Å²) in [5.41, 5.74) is -2.12. The summed E-state index contributed by atoms with van der Waals surface area (Å²) in [4.78, 5) is 63.9. The minimum absolute atomic E-state index is 0.0255. The Labute approximate surface area is 213 Å². The number of rotatable bonds is 13. The number of carbonyl (C=O) groups is 5.